The molecule has 3 heterocycles. The summed E-state index contributed by atoms with van der Waals surface area (Å²) in [6.45, 7) is 20.3. The molecule has 0 aliphatic carbocycles. The van der Waals surface area contributed by atoms with E-state index >= 15 is 0 Å². The molecule has 0 aliphatic heterocycles. The molecule has 1 aromatic carbocycles. The van der Waals surface area contributed by atoms with E-state index in [1.807, 2.05) is 40.7 Å². The summed E-state index contributed by atoms with van der Waals surface area (Å²) >= 11 is 0. The number of nitrogens with zero attached hydrogens (tertiary/aromatic N) is 4. The number of nitrogens with two attached hydrogens (primary N) is 1. The lowest BCUT2D eigenvalue weighted by molar-refractivity contribution is -0.117. The second-order valence-electron chi connectivity index (χ2n) is 8.81. The van der Waals surface area contributed by atoms with Crippen LogP contribution >= 0.6 is 0 Å². The number of aryl methyl sites for hydroxylation is 3. The van der Waals surface area contributed by atoms with Crippen LogP contribution in [0, 0.1) is 13.8 Å². The molecule has 0 radical (unpaired) electrons. The predicted molar refractivity (Wildman–Crippen MR) is 173 cm³/mol. The molecule has 0 spiro atoms. The van der Waals surface area contributed by atoms with E-state index in [1.165, 1.54) is 36.8 Å². The van der Waals surface area contributed by atoms with Crippen molar-refractivity contribution in [2.45, 2.75) is 108 Å². The molecular weight excluding hydrogens is 494 g/mol. The molecular formula is C34H53N5O. The van der Waals surface area contributed by atoms with Crippen LogP contribution in [-0.4, -0.2) is 25.3 Å². The van der Waals surface area contributed by atoms with Gasteiger partial charge in [-0.2, -0.15) is 0 Å². The molecule has 6 heteroatoms. The Kier molecular flexibility index (Phi) is 19.4. The molecule has 6 nitrogen and oxygen atoms in total. The van der Waals surface area contributed by atoms with Gasteiger partial charge in [0.2, 0.25) is 5.91 Å². The Morgan fingerprint density at radius 3 is 1.90 bits per heavy atom. The lowest BCUT2D eigenvalue weighted by Crippen LogP contribution is -2.06. The number of unbranched alkanes of at least 4 members (excludes halogenated alkanes) is 3. The first-order valence-electron chi connectivity index (χ1n) is 15.0. The smallest absolute Gasteiger partial charge is 0.217 e. The second kappa shape index (κ2) is 21.3. The van der Waals surface area contributed by atoms with Crippen molar-refractivity contribution < 1.29 is 4.79 Å². The lowest BCUT2D eigenvalue weighted by atomic mass is 10.1. The molecule has 0 atom stereocenters. The molecule has 4 aromatic rings. The number of hydrogen-bond acceptors (Lipinski definition) is 4. The van der Waals surface area contributed by atoms with Gasteiger partial charge >= 0.3 is 0 Å². The monoisotopic (exact) mass is 547 g/mol. The standard InChI is InChI=1S/C21H20N4.C6H14.C3H7NO.2C2H6/c1-4-16-10-12-25-19(13-16)24-20(17-7-5-14(2)6-8-17)21(25)18-9-11-22-15(3)23-18;1-3-5-6-4-2;1-2-3(4)5;2*1-2/h5-13H,4H2,1-3H3;3-6H2,1-2H3;2H2,1H3,(H2,4,5);2*1-2H3. The Bertz CT molecular complexity index is 1230. The van der Waals surface area contributed by atoms with Gasteiger partial charge in [-0.15, -0.1) is 0 Å². The van der Waals surface area contributed by atoms with Crippen molar-refractivity contribution in [3.63, 3.8) is 0 Å². The van der Waals surface area contributed by atoms with E-state index < -0.39 is 0 Å². The van der Waals surface area contributed by atoms with Crippen molar-refractivity contribution in [3.05, 3.63) is 71.8 Å². The molecule has 40 heavy (non-hydrogen) atoms. The Morgan fingerprint density at radius 1 is 0.850 bits per heavy atom. The maximum atomic E-state index is 9.59. The van der Waals surface area contributed by atoms with Crippen LogP contribution in [0.5, 0.6) is 0 Å². The highest BCUT2D eigenvalue weighted by Gasteiger charge is 2.17. The number of aromatic nitrogens is 4. The van der Waals surface area contributed by atoms with E-state index in [1.54, 1.807) is 13.1 Å². The summed E-state index contributed by atoms with van der Waals surface area (Å²) in [6, 6.07) is 14.7. The fourth-order valence-corrected chi connectivity index (χ4v) is 3.55. The Balaban J connectivity index is 0.000000850. The Hall–Kier alpha value is -3.54. The van der Waals surface area contributed by atoms with Gasteiger partial charge < -0.3 is 5.73 Å². The molecule has 3 aromatic heterocycles. The molecule has 4 rings (SSSR count). The average molecular weight is 548 g/mol. The van der Waals surface area contributed by atoms with Gasteiger partial charge in [0.1, 0.15) is 11.5 Å². The number of rotatable bonds is 7. The minimum absolute atomic E-state index is 0.245. The zero-order valence-corrected chi connectivity index (χ0v) is 26.7. The lowest BCUT2D eigenvalue weighted by Gasteiger charge is -2.06. The zero-order chi connectivity index (χ0) is 30.5. The highest BCUT2D eigenvalue weighted by atomic mass is 16.1. The van der Waals surface area contributed by atoms with Gasteiger partial charge in [0.25, 0.3) is 0 Å². The first-order valence-corrected chi connectivity index (χ1v) is 15.0. The fraction of sp³-hybridized carbons (Fsp3) is 0.471. The van der Waals surface area contributed by atoms with E-state index in [0.29, 0.717) is 6.42 Å². The maximum Gasteiger partial charge on any atom is 0.217 e. The van der Waals surface area contributed by atoms with Crippen molar-refractivity contribution >= 4 is 11.6 Å². The largest absolute Gasteiger partial charge is 0.370 e. The number of carbonyl (C=O) groups is 1. The highest BCUT2D eigenvalue weighted by molar-refractivity contribution is 5.80. The fourth-order valence-electron chi connectivity index (χ4n) is 3.55. The van der Waals surface area contributed by atoms with Crippen molar-refractivity contribution in [2.75, 3.05) is 0 Å². The van der Waals surface area contributed by atoms with Crippen LogP contribution in [0.25, 0.3) is 28.3 Å². The summed E-state index contributed by atoms with van der Waals surface area (Å²) in [7, 11) is 0. The Morgan fingerprint density at radius 2 is 1.43 bits per heavy atom. The first-order chi connectivity index (χ1) is 19.3. The third-order valence-corrected chi connectivity index (χ3v) is 5.75. The summed E-state index contributed by atoms with van der Waals surface area (Å²) in [4.78, 5) is 23.4. The topological polar surface area (TPSA) is 86.2 Å². The van der Waals surface area contributed by atoms with Gasteiger partial charge in [-0.3, -0.25) is 9.20 Å². The highest BCUT2D eigenvalue weighted by Crippen LogP contribution is 2.32. The van der Waals surface area contributed by atoms with Gasteiger partial charge in [-0.05, 0) is 44.0 Å². The van der Waals surface area contributed by atoms with E-state index in [0.717, 1.165) is 40.5 Å². The van der Waals surface area contributed by atoms with Crippen LogP contribution < -0.4 is 5.73 Å². The normalized spacial score (nSPS) is 9.55. The van der Waals surface area contributed by atoms with Gasteiger partial charge in [-0.25, -0.2) is 15.0 Å². The minimum Gasteiger partial charge on any atom is -0.370 e. The number of fused-ring (bicyclic) bond motifs is 1. The van der Waals surface area contributed by atoms with Crippen LogP contribution in [-0.2, 0) is 11.2 Å². The van der Waals surface area contributed by atoms with E-state index in [2.05, 4.69) is 90.4 Å². The van der Waals surface area contributed by atoms with Crippen LogP contribution in [0.4, 0.5) is 0 Å². The number of hydrogen-bond donors (Lipinski definition) is 1. The molecule has 0 unspecified atom stereocenters. The molecule has 0 aliphatic rings. The number of benzene rings is 1. The Labute approximate surface area is 243 Å². The van der Waals surface area contributed by atoms with Crippen LogP contribution in [0.1, 0.15) is 104 Å². The summed E-state index contributed by atoms with van der Waals surface area (Å²) < 4.78 is 2.12. The predicted octanol–water partition coefficient (Wildman–Crippen LogP) is 9.16. The van der Waals surface area contributed by atoms with Crippen LogP contribution in [0.3, 0.4) is 0 Å². The number of pyridine rings is 1. The van der Waals surface area contributed by atoms with E-state index in [-0.39, 0.29) is 5.91 Å². The average Bonchev–Trinajstić information content (AvgIpc) is 3.38. The SMILES string of the molecule is CC.CC.CCC(N)=O.CCCCCC.CCc1ccn2c(-c3ccnc(C)n3)c(-c3ccc(C)cc3)nc2c1. The quantitative estimate of drug-likeness (QED) is 0.234. The number of carbonyl (C=O) groups excluding carboxylic acids is 1. The van der Waals surface area contributed by atoms with Crippen molar-refractivity contribution in [1.29, 1.82) is 0 Å². The van der Waals surface area contributed by atoms with Gasteiger partial charge in [0.15, 0.2) is 0 Å². The van der Waals surface area contributed by atoms with Gasteiger partial charge in [0.05, 0.1) is 17.1 Å². The number of amides is 1. The van der Waals surface area contributed by atoms with Gasteiger partial charge in [0, 0.05) is 24.4 Å². The van der Waals surface area contributed by atoms with Crippen molar-refractivity contribution in [3.8, 4) is 22.6 Å². The second-order valence-corrected chi connectivity index (χ2v) is 8.81. The molecule has 2 N–H and O–H groups in total. The van der Waals surface area contributed by atoms with Crippen LogP contribution in [0.2, 0.25) is 0 Å². The molecule has 1 amide bonds. The van der Waals surface area contributed by atoms with E-state index in [9.17, 15) is 4.79 Å². The van der Waals surface area contributed by atoms with Crippen LogP contribution in [0.15, 0.2) is 54.9 Å². The third-order valence-electron chi connectivity index (χ3n) is 5.75. The molecule has 0 fully saturated rings. The summed E-state index contributed by atoms with van der Waals surface area (Å²) in [5, 5.41) is 0. The molecule has 0 bridgehead atoms. The van der Waals surface area contributed by atoms with Gasteiger partial charge in [-0.1, -0.05) is 111 Å². The minimum atomic E-state index is -0.245. The summed E-state index contributed by atoms with van der Waals surface area (Å²) in [5.41, 5.74) is 12.1. The number of imidazole rings is 1. The molecule has 0 saturated carbocycles. The zero-order valence-electron chi connectivity index (χ0n) is 26.7. The summed E-state index contributed by atoms with van der Waals surface area (Å²) in [5.74, 6) is 0.512. The van der Waals surface area contributed by atoms with Crippen molar-refractivity contribution in [2.24, 2.45) is 5.73 Å². The third kappa shape index (κ3) is 12.1. The van der Waals surface area contributed by atoms with Crippen molar-refractivity contribution in [1.82, 2.24) is 19.4 Å². The molecule has 0 saturated heterocycles. The summed E-state index contributed by atoms with van der Waals surface area (Å²) in [6.07, 6.45) is 10.9. The maximum absolute atomic E-state index is 9.59. The molecule has 220 valence electrons. The first kappa shape index (κ1) is 36.5. The van der Waals surface area contributed by atoms with E-state index in [4.69, 9.17) is 4.98 Å². The number of primary amides is 1.